The van der Waals surface area contributed by atoms with Gasteiger partial charge in [-0.05, 0) is 30.8 Å². The number of esters is 1. The van der Waals surface area contributed by atoms with E-state index in [0.717, 1.165) is 31.7 Å². The highest BCUT2D eigenvalue weighted by Gasteiger charge is 2.19. The molecular formula is C26H34N2O7S. The van der Waals surface area contributed by atoms with E-state index in [0.29, 0.717) is 34.3 Å². The number of carbonyl (C=O) groups is 1. The van der Waals surface area contributed by atoms with E-state index in [1.54, 1.807) is 63.1 Å². The van der Waals surface area contributed by atoms with Crippen LogP contribution in [-0.2, 0) is 21.3 Å². The Morgan fingerprint density at radius 3 is 2.11 bits per heavy atom. The van der Waals surface area contributed by atoms with Crippen molar-refractivity contribution in [3.05, 3.63) is 46.9 Å². The molecule has 36 heavy (non-hydrogen) atoms. The van der Waals surface area contributed by atoms with E-state index in [2.05, 4.69) is 16.8 Å². The minimum atomic E-state index is -1.35. The molecule has 0 saturated carbocycles. The molecule has 0 N–H and O–H groups in total. The van der Waals surface area contributed by atoms with Crippen LogP contribution in [0.2, 0.25) is 0 Å². The van der Waals surface area contributed by atoms with E-state index in [1.165, 1.54) is 7.11 Å². The summed E-state index contributed by atoms with van der Waals surface area (Å²) in [5.74, 6) is 2.30. The fourth-order valence-corrected chi connectivity index (χ4v) is 4.68. The Bertz CT molecular complexity index is 1070. The molecule has 1 atom stereocenters. The first-order valence-electron chi connectivity index (χ1n) is 11.5. The second-order valence-corrected chi connectivity index (χ2v) is 9.63. The van der Waals surface area contributed by atoms with E-state index in [-0.39, 0.29) is 18.3 Å². The Balaban J connectivity index is 1.69. The third-order valence-electron chi connectivity index (χ3n) is 5.85. The van der Waals surface area contributed by atoms with Gasteiger partial charge in [0, 0.05) is 43.7 Å². The average molecular weight is 519 g/mol. The van der Waals surface area contributed by atoms with Crippen LogP contribution in [0.15, 0.2) is 35.7 Å². The topological polar surface area (TPSA) is 86.8 Å². The Kier molecular flexibility index (Phi) is 10.2. The molecule has 2 aromatic carbocycles. The molecule has 9 nitrogen and oxygen atoms in total. The Morgan fingerprint density at radius 1 is 0.889 bits per heavy atom. The number of methoxy groups -OCH3 is 4. The van der Waals surface area contributed by atoms with Gasteiger partial charge < -0.3 is 28.6 Å². The van der Waals surface area contributed by atoms with Crippen LogP contribution < -0.4 is 23.7 Å². The normalized spacial score (nSPS) is 15.5. The number of nitrogens with zero attached hydrogens (tertiary/aromatic N) is 2. The predicted octanol–water partition coefficient (Wildman–Crippen LogP) is 2.79. The quantitative estimate of drug-likeness (QED) is 0.329. The van der Waals surface area contributed by atoms with Gasteiger partial charge in [0.25, 0.3) is 0 Å². The number of benzene rings is 2. The lowest BCUT2D eigenvalue weighted by molar-refractivity contribution is -0.136. The van der Waals surface area contributed by atoms with Crippen molar-refractivity contribution < 1.29 is 32.7 Å². The van der Waals surface area contributed by atoms with Crippen molar-refractivity contribution in [1.82, 2.24) is 9.80 Å². The lowest BCUT2D eigenvalue weighted by Crippen LogP contribution is -2.46. The summed E-state index contributed by atoms with van der Waals surface area (Å²) >= 11 is 0. The van der Waals surface area contributed by atoms with E-state index in [1.807, 2.05) is 0 Å². The molecule has 0 bridgehead atoms. The van der Waals surface area contributed by atoms with E-state index in [9.17, 15) is 9.00 Å². The first-order valence-corrected chi connectivity index (χ1v) is 12.9. The summed E-state index contributed by atoms with van der Waals surface area (Å²) in [6, 6.07) is 8.68. The molecule has 1 saturated heterocycles. The maximum atomic E-state index is 12.9. The van der Waals surface area contributed by atoms with Crippen LogP contribution in [0.3, 0.4) is 0 Å². The minimum absolute atomic E-state index is 0.210. The van der Waals surface area contributed by atoms with Gasteiger partial charge in [0.1, 0.15) is 17.2 Å². The smallest absolute Gasteiger partial charge is 0.325 e. The molecule has 1 heterocycles. The highest BCUT2D eigenvalue weighted by Crippen LogP contribution is 2.35. The zero-order valence-corrected chi connectivity index (χ0v) is 22.3. The van der Waals surface area contributed by atoms with Crippen molar-refractivity contribution in [2.24, 2.45) is 0 Å². The molecule has 0 amide bonds. The summed E-state index contributed by atoms with van der Waals surface area (Å²) in [6.45, 7) is 3.68. The first-order chi connectivity index (χ1) is 17.4. The fourth-order valence-electron chi connectivity index (χ4n) is 3.79. The number of hydrogen-bond donors (Lipinski definition) is 0. The van der Waals surface area contributed by atoms with Crippen LogP contribution in [0.4, 0.5) is 0 Å². The second-order valence-electron chi connectivity index (χ2n) is 8.31. The molecular weight excluding hydrogens is 484 g/mol. The number of hydrogen-bond acceptors (Lipinski definition) is 9. The molecule has 196 valence electrons. The number of likely N-dealkylation sites (N-methyl/N-ethyl adjacent to an activating group) is 1. The van der Waals surface area contributed by atoms with Crippen molar-refractivity contribution >= 4 is 22.8 Å². The maximum Gasteiger partial charge on any atom is 0.325 e. The second kappa shape index (κ2) is 13.3. The third kappa shape index (κ3) is 7.46. The van der Waals surface area contributed by atoms with Crippen molar-refractivity contribution in [2.45, 2.75) is 5.75 Å². The molecule has 1 unspecified atom stereocenters. The number of ether oxygens (including phenoxy) is 5. The Labute approximate surface area is 215 Å². The number of piperazine rings is 1. The molecule has 1 aliphatic rings. The van der Waals surface area contributed by atoms with Crippen molar-refractivity contribution in [2.75, 3.05) is 68.2 Å². The lowest BCUT2D eigenvalue weighted by Gasteiger charge is -2.31. The summed E-state index contributed by atoms with van der Waals surface area (Å²) in [5, 5.41) is 1.58. The van der Waals surface area contributed by atoms with Gasteiger partial charge in [0.2, 0.25) is 0 Å². The van der Waals surface area contributed by atoms with Crippen LogP contribution in [0.25, 0.3) is 6.08 Å². The maximum absolute atomic E-state index is 12.9. The Morgan fingerprint density at radius 2 is 1.53 bits per heavy atom. The summed E-state index contributed by atoms with van der Waals surface area (Å²) in [5.41, 5.74) is 1.40. The molecule has 0 aliphatic carbocycles. The standard InChI is InChI=1S/C26H34N2O7S/c1-27-9-11-28(12-10-27)17-26(29)35-25-14-19(6-7-22(25)32-3)18-36(30)13-8-21-23(33-4)15-20(31-2)16-24(21)34-5/h6-8,13-16H,9-12,17-18H2,1-5H3. The van der Waals surface area contributed by atoms with Crippen LogP contribution in [0.5, 0.6) is 28.7 Å². The molecule has 1 fully saturated rings. The summed E-state index contributed by atoms with van der Waals surface area (Å²) in [6.07, 6.45) is 1.70. The van der Waals surface area contributed by atoms with Gasteiger partial charge in [-0.15, -0.1) is 0 Å². The van der Waals surface area contributed by atoms with Crippen LogP contribution in [-0.4, -0.2) is 88.2 Å². The molecule has 2 aromatic rings. The predicted molar refractivity (Wildman–Crippen MR) is 140 cm³/mol. The molecule has 10 heteroatoms. The van der Waals surface area contributed by atoms with Crippen molar-refractivity contribution in [1.29, 1.82) is 0 Å². The van der Waals surface area contributed by atoms with Crippen molar-refractivity contribution in [3.8, 4) is 28.7 Å². The van der Waals surface area contributed by atoms with Crippen LogP contribution in [0.1, 0.15) is 11.1 Å². The molecule has 1 aliphatic heterocycles. The summed E-state index contributed by atoms with van der Waals surface area (Å²) < 4.78 is 40.0. The highest BCUT2D eigenvalue weighted by molar-refractivity contribution is 7.87. The van der Waals surface area contributed by atoms with Gasteiger partial charge >= 0.3 is 5.97 Å². The summed E-state index contributed by atoms with van der Waals surface area (Å²) in [4.78, 5) is 16.8. The zero-order chi connectivity index (χ0) is 26.1. The highest BCUT2D eigenvalue weighted by atomic mass is 32.2. The molecule has 0 aromatic heterocycles. The largest absolute Gasteiger partial charge is 0.496 e. The fraction of sp³-hybridized carbons (Fsp3) is 0.423. The van der Waals surface area contributed by atoms with E-state index in [4.69, 9.17) is 23.7 Å². The van der Waals surface area contributed by atoms with Crippen LogP contribution in [0, 0.1) is 0 Å². The van der Waals surface area contributed by atoms with Gasteiger partial charge in [-0.25, -0.2) is 0 Å². The molecule has 0 radical (unpaired) electrons. The average Bonchev–Trinajstić information content (AvgIpc) is 2.88. The third-order valence-corrected chi connectivity index (χ3v) is 6.91. The lowest BCUT2D eigenvalue weighted by atomic mass is 10.1. The van der Waals surface area contributed by atoms with Crippen molar-refractivity contribution in [3.63, 3.8) is 0 Å². The SMILES string of the molecule is COc1cc(OC)c(C=CS(=O)Cc2ccc(OC)c(OC(=O)CN3CCN(C)CC3)c2)c(OC)c1. The first kappa shape index (κ1) is 27.5. The zero-order valence-electron chi connectivity index (χ0n) is 21.4. The molecule has 3 rings (SSSR count). The van der Waals surface area contributed by atoms with Gasteiger partial charge in [0.05, 0.1) is 57.1 Å². The van der Waals surface area contributed by atoms with Crippen LogP contribution >= 0.6 is 0 Å². The minimum Gasteiger partial charge on any atom is -0.496 e. The van der Waals surface area contributed by atoms with Gasteiger partial charge in [0.15, 0.2) is 11.5 Å². The molecule has 0 spiro atoms. The van der Waals surface area contributed by atoms with Gasteiger partial charge in [-0.1, -0.05) is 6.07 Å². The summed E-state index contributed by atoms with van der Waals surface area (Å²) in [7, 11) is 6.88. The Hall–Kier alpha value is -3.08. The number of carbonyl (C=O) groups excluding carboxylic acids is 1. The van der Waals surface area contributed by atoms with E-state index < -0.39 is 10.8 Å². The van der Waals surface area contributed by atoms with E-state index >= 15 is 0 Å². The number of rotatable bonds is 11. The monoisotopic (exact) mass is 518 g/mol. The van der Waals surface area contributed by atoms with Gasteiger partial charge in [-0.2, -0.15) is 0 Å². The van der Waals surface area contributed by atoms with Gasteiger partial charge in [-0.3, -0.25) is 13.9 Å².